The van der Waals surface area contributed by atoms with Crippen molar-refractivity contribution < 1.29 is 27.4 Å². The minimum Gasteiger partial charge on any atom is -0.494 e. The van der Waals surface area contributed by atoms with E-state index in [-0.39, 0.29) is 21.8 Å². The molecular formula is C11H8F3NO3S. The molecule has 0 saturated carbocycles. The molecule has 0 radical (unpaired) electrons. The molecule has 0 saturated heterocycles. The quantitative estimate of drug-likeness (QED) is 0.633. The second kappa shape index (κ2) is 5.84. The molecule has 0 atom stereocenters. The highest BCUT2D eigenvalue weighted by Gasteiger charge is 2.31. The molecule has 1 aromatic carbocycles. The number of hydrogen-bond acceptors (Lipinski definition) is 5. The lowest BCUT2D eigenvalue weighted by molar-refractivity contribution is -0.0328. The number of methoxy groups -OCH3 is 2. The topological polar surface area (TPSA) is 59.3 Å². The first-order chi connectivity index (χ1) is 8.82. The molecule has 1 aromatic rings. The molecule has 4 nitrogen and oxygen atoms in total. The van der Waals surface area contributed by atoms with E-state index in [1.54, 1.807) is 6.07 Å². The van der Waals surface area contributed by atoms with Gasteiger partial charge in [-0.3, -0.25) is 0 Å². The van der Waals surface area contributed by atoms with Crippen LogP contribution in [0.4, 0.5) is 13.2 Å². The van der Waals surface area contributed by atoms with Crippen molar-refractivity contribution in [2.24, 2.45) is 0 Å². The van der Waals surface area contributed by atoms with Crippen molar-refractivity contribution in [3.8, 4) is 11.8 Å². The van der Waals surface area contributed by atoms with Crippen LogP contribution in [0.3, 0.4) is 0 Å². The van der Waals surface area contributed by atoms with Crippen molar-refractivity contribution in [3.05, 3.63) is 23.3 Å². The third kappa shape index (κ3) is 3.79. The molecule has 19 heavy (non-hydrogen) atoms. The zero-order chi connectivity index (χ0) is 14.6. The number of thioether (sulfide) groups is 1. The molecule has 0 aliphatic carbocycles. The van der Waals surface area contributed by atoms with Crippen LogP contribution in [0.25, 0.3) is 0 Å². The zero-order valence-electron chi connectivity index (χ0n) is 9.87. The fraction of sp³-hybridized carbons (Fsp3) is 0.273. The van der Waals surface area contributed by atoms with Crippen molar-refractivity contribution >= 4 is 17.7 Å². The molecule has 0 fully saturated rings. The van der Waals surface area contributed by atoms with Gasteiger partial charge in [0.25, 0.3) is 0 Å². The molecule has 0 unspecified atom stereocenters. The van der Waals surface area contributed by atoms with E-state index >= 15 is 0 Å². The summed E-state index contributed by atoms with van der Waals surface area (Å²) in [7, 11) is 2.29. The molecule has 0 heterocycles. The number of esters is 1. The maximum absolute atomic E-state index is 12.3. The number of carbonyl (C=O) groups is 1. The van der Waals surface area contributed by atoms with E-state index < -0.39 is 23.2 Å². The van der Waals surface area contributed by atoms with Gasteiger partial charge in [0.1, 0.15) is 11.6 Å². The number of carbonyl (C=O) groups excluding carboxylic acids is 1. The highest BCUT2D eigenvalue weighted by Crippen LogP contribution is 2.39. The summed E-state index contributed by atoms with van der Waals surface area (Å²) in [6, 6.07) is 3.66. The number of nitrogens with zero attached hydrogens (tertiary/aromatic N) is 1. The predicted octanol–water partition coefficient (Wildman–Crippen LogP) is 2.97. The number of nitriles is 1. The van der Waals surface area contributed by atoms with Crippen LogP contribution in [0.5, 0.6) is 5.75 Å². The van der Waals surface area contributed by atoms with Crippen LogP contribution in [0, 0.1) is 11.3 Å². The highest BCUT2D eigenvalue weighted by atomic mass is 32.2. The van der Waals surface area contributed by atoms with Crippen molar-refractivity contribution in [1.29, 1.82) is 5.26 Å². The number of halogens is 3. The fourth-order valence-electron chi connectivity index (χ4n) is 1.36. The van der Waals surface area contributed by atoms with Gasteiger partial charge in [0.05, 0.1) is 19.8 Å². The molecule has 0 aliphatic heterocycles. The lowest BCUT2D eigenvalue weighted by Gasteiger charge is -2.12. The molecule has 8 heteroatoms. The second-order valence-electron chi connectivity index (χ2n) is 3.20. The van der Waals surface area contributed by atoms with E-state index in [0.29, 0.717) is 0 Å². The number of benzene rings is 1. The molecule has 0 bridgehead atoms. The first kappa shape index (κ1) is 15.2. The van der Waals surface area contributed by atoms with Crippen molar-refractivity contribution in [2.45, 2.75) is 10.4 Å². The summed E-state index contributed by atoms with van der Waals surface area (Å²) in [6.45, 7) is 0. The van der Waals surface area contributed by atoms with Crippen LogP contribution < -0.4 is 4.74 Å². The van der Waals surface area contributed by atoms with E-state index in [2.05, 4.69) is 4.74 Å². The Morgan fingerprint density at radius 3 is 2.42 bits per heavy atom. The van der Waals surface area contributed by atoms with Gasteiger partial charge in [0.15, 0.2) is 5.75 Å². The van der Waals surface area contributed by atoms with Crippen LogP contribution in [0.2, 0.25) is 0 Å². The van der Waals surface area contributed by atoms with Gasteiger partial charge >= 0.3 is 11.5 Å². The van der Waals surface area contributed by atoms with Gasteiger partial charge in [-0.25, -0.2) is 4.79 Å². The molecule has 0 aromatic heterocycles. The standard InChI is InChI=1S/C11H8F3NO3S/c1-17-9-6(5-15)3-7(19-11(12,13)14)4-8(9)10(16)18-2/h3-4H,1-2H3. The van der Waals surface area contributed by atoms with Crippen molar-refractivity contribution in [3.63, 3.8) is 0 Å². The van der Waals surface area contributed by atoms with Crippen molar-refractivity contribution in [1.82, 2.24) is 0 Å². The van der Waals surface area contributed by atoms with Crippen LogP contribution in [0.1, 0.15) is 15.9 Å². The first-order valence-electron chi connectivity index (χ1n) is 4.78. The Morgan fingerprint density at radius 1 is 1.37 bits per heavy atom. The zero-order valence-corrected chi connectivity index (χ0v) is 10.7. The number of rotatable bonds is 3. The summed E-state index contributed by atoms with van der Waals surface area (Å²) in [6.07, 6.45) is 0. The maximum Gasteiger partial charge on any atom is 0.446 e. The van der Waals surface area contributed by atoms with E-state index in [9.17, 15) is 18.0 Å². The van der Waals surface area contributed by atoms with Crippen molar-refractivity contribution in [2.75, 3.05) is 14.2 Å². The van der Waals surface area contributed by atoms with Crippen LogP contribution >= 0.6 is 11.8 Å². The van der Waals surface area contributed by atoms with E-state index in [1.165, 1.54) is 7.11 Å². The summed E-state index contributed by atoms with van der Waals surface area (Å²) in [4.78, 5) is 11.2. The third-order valence-electron chi connectivity index (χ3n) is 2.03. The Morgan fingerprint density at radius 2 is 2.00 bits per heavy atom. The van der Waals surface area contributed by atoms with Gasteiger partial charge in [-0.15, -0.1) is 0 Å². The van der Waals surface area contributed by atoms with Gasteiger partial charge < -0.3 is 9.47 Å². The molecule has 102 valence electrons. The van der Waals surface area contributed by atoms with Crippen LogP contribution in [0.15, 0.2) is 17.0 Å². The van der Waals surface area contributed by atoms with E-state index in [0.717, 1.165) is 19.2 Å². The average Bonchev–Trinajstić information content (AvgIpc) is 2.34. The fourth-order valence-corrected chi connectivity index (χ4v) is 1.98. The normalized spacial score (nSPS) is 10.7. The van der Waals surface area contributed by atoms with Gasteiger partial charge in [-0.2, -0.15) is 18.4 Å². The Hall–Kier alpha value is -1.88. The Kier molecular flexibility index (Phi) is 4.67. The molecular weight excluding hydrogens is 283 g/mol. The SMILES string of the molecule is COC(=O)c1cc(SC(F)(F)F)cc(C#N)c1OC. The van der Waals surface area contributed by atoms with E-state index in [1.807, 2.05) is 0 Å². The Balaban J connectivity index is 3.39. The number of ether oxygens (including phenoxy) is 2. The number of hydrogen-bond donors (Lipinski definition) is 0. The average molecular weight is 291 g/mol. The second-order valence-corrected chi connectivity index (χ2v) is 4.34. The Bertz CT molecular complexity index is 537. The van der Waals surface area contributed by atoms with E-state index in [4.69, 9.17) is 10.00 Å². The summed E-state index contributed by atoms with van der Waals surface area (Å²) in [5.74, 6) is -0.987. The van der Waals surface area contributed by atoms with Crippen LogP contribution in [-0.2, 0) is 4.74 Å². The first-order valence-corrected chi connectivity index (χ1v) is 5.60. The van der Waals surface area contributed by atoms with Crippen LogP contribution in [-0.4, -0.2) is 25.7 Å². The minimum atomic E-state index is -4.52. The maximum atomic E-state index is 12.3. The Labute approximate surface area is 111 Å². The summed E-state index contributed by atoms with van der Waals surface area (Å²) >= 11 is -0.423. The molecule has 0 spiro atoms. The molecule has 0 N–H and O–H groups in total. The van der Waals surface area contributed by atoms with Gasteiger partial charge in [0, 0.05) is 4.90 Å². The lowest BCUT2D eigenvalue weighted by atomic mass is 10.1. The monoisotopic (exact) mass is 291 g/mol. The third-order valence-corrected chi connectivity index (χ3v) is 2.73. The summed E-state index contributed by atoms with van der Waals surface area (Å²) in [5, 5.41) is 8.88. The van der Waals surface area contributed by atoms with Gasteiger partial charge in [-0.05, 0) is 23.9 Å². The summed E-state index contributed by atoms with van der Waals surface area (Å²) in [5.41, 5.74) is -4.91. The van der Waals surface area contributed by atoms with Gasteiger partial charge in [0.2, 0.25) is 0 Å². The summed E-state index contributed by atoms with van der Waals surface area (Å²) < 4.78 is 46.2. The predicted molar refractivity (Wildman–Crippen MR) is 61.0 cm³/mol. The van der Waals surface area contributed by atoms with Gasteiger partial charge in [-0.1, -0.05) is 0 Å². The smallest absolute Gasteiger partial charge is 0.446 e. The molecule has 0 amide bonds. The minimum absolute atomic E-state index is 0.110. The highest BCUT2D eigenvalue weighted by molar-refractivity contribution is 8.00. The largest absolute Gasteiger partial charge is 0.494 e. The molecule has 1 rings (SSSR count). The lowest BCUT2D eigenvalue weighted by Crippen LogP contribution is -2.07. The molecule has 0 aliphatic rings. The number of alkyl halides is 3.